The van der Waals surface area contributed by atoms with Crippen molar-refractivity contribution in [3.05, 3.63) is 22.6 Å². The Hall–Kier alpha value is -0.810. The number of aromatic amines is 1. The molecule has 0 bridgehead atoms. The zero-order valence-electron chi connectivity index (χ0n) is 10.1. The normalized spacial score (nSPS) is 24.1. The fraction of sp³-hybridized carbons (Fsp3) is 0.667. The first-order chi connectivity index (χ1) is 8.29. The van der Waals surface area contributed by atoms with Crippen LogP contribution < -0.4 is 10.9 Å². The van der Waals surface area contributed by atoms with Crippen molar-refractivity contribution in [1.29, 1.82) is 0 Å². The molecule has 2 atom stereocenters. The van der Waals surface area contributed by atoms with Crippen LogP contribution in [0.5, 0.6) is 0 Å². The first kappa shape index (κ1) is 12.6. The fourth-order valence-corrected chi connectivity index (χ4v) is 3.43. The van der Waals surface area contributed by atoms with Gasteiger partial charge in [0.05, 0.1) is 0 Å². The van der Waals surface area contributed by atoms with Crippen molar-refractivity contribution in [3.63, 3.8) is 0 Å². The molecule has 1 aromatic heterocycles. The predicted octanol–water partition coefficient (Wildman–Crippen LogP) is 1.78. The van der Waals surface area contributed by atoms with Crippen molar-refractivity contribution in [2.45, 2.75) is 49.1 Å². The average Bonchev–Trinajstić information content (AvgIpc) is 2.74. The van der Waals surface area contributed by atoms with Crippen molar-refractivity contribution in [2.24, 2.45) is 0 Å². The highest BCUT2D eigenvalue weighted by molar-refractivity contribution is 7.99. The number of nitrogens with one attached hydrogen (secondary N) is 2. The summed E-state index contributed by atoms with van der Waals surface area (Å²) in [6, 6.07) is 2.01. The molecule has 1 fully saturated rings. The van der Waals surface area contributed by atoms with Crippen LogP contribution in [0, 0.1) is 0 Å². The first-order valence-electron chi connectivity index (χ1n) is 6.25. The number of aromatic nitrogens is 2. The Morgan fingerprint density at radius 3 is 3.24 bits per heavy atom. The van der Waals surface area contributed by atoms with Gasteiger partial charge < -0.3 is 10.3 Å². The summed E-state index contributed by atoms with van der Waals surface area (Å²) < 4.78 is 0. The monoisotopic (exact) mass is 253 g/mol. The van der Waals surface area contributed by atoms with Crippen LogP contribution in [0.3, 0.4) is 0 Å². The highest BCUT2D eigenvalue weighted by Gasteiger charge is 2.27. The molecular formula is C12H19N3OS. The van der Waals surface area contributed by atoms with Gasteiger partial charge in [-0.05, 0) is 25.8 Å². The van der Waals surface area contributed by atoms with E-state index in [0.717, 1.165) is 18.1 Å². The second-order valence-corrected chi connectivity index (χ2v) is 5.61. The molecule has 4 nitrogen and oxygen atoms in total. The maximum Gasteiger partial charge on any atom is 0.251 e. The van der Waals surface area contributed by atoms with Gasteiger partial charge in [0.25, 0.3) is 5.56 Å². The average molecular weight is 253 g/mol. The number of H-pyrrole nitrogens is 1. The highest BCUT2D eigenvalue weighted by Crippen LogP contribution is 2.32. The van der Waals surface area contributed by atoms with Crippen molar-refractivity contribution in [3.8, 4) is 0 Å². The highest BCUT2D eigenvalue weighted by atomic mass is 32.2. The summed E-state index contributed by atoms with van der Waals surface area (Å²) in [7, 11) is 0. The minimum Gasteiger partial charge on any atom is -0.313 e. The number of hydrogen-bond acceptors (Lipinski definition) is 4. The molecule has 0 radical (unpaired) electrons. The Bertz CT molecular complexity index is 407. The molecule has 2 N–H and O–H groups in total. The molecule has 1 saturated carbocycles. The van der Waals surface area contributed by atoms with E-state index in [4.69, 9.17) is 0 Å². The Morgan fingerprint density at radius 2 is 2.47 bits per heavy atom. The molecule has 2 unspecified atom stereocenters. The Labute approximate surface area is 106 Å². The van der Waals surface area contributed by atoms with Crippen molar-refractivity contribution < 1.29 is 0 Å². The molecule has 0 aliphatic heterocycles. The predicted molar refractivity (Wildman–Crippen MR) is 70.4 cm³/mol. The van der Waals surface area contributed by atoms with Crippen LogP contribution in [-0.4, -0.2) is 27.8 Å². The third-order valence-corrected chi connectivity index (χ3v) is 4.32. The molecule has 1 aliphatic carbocycles. The van der Waals surface area contributed by atoms with E-state index in [1.54, 1.807) is 18.0 Å². The lowest BCUT2D eigenvalue weighted by atomic mass is 10.2. The van der Waals surface area contributed by atoms with Gasteiger partial charge in [0.2, 0.25) is 0 Å². The second-order valence-electron chi connectivity index (χ2n) is 4.39. The summed E-state index contributed by atoms with van der Waals surface area (Å²) in [6.45, 7) is 3.25. The van der Waals surface area contributed by atoms with E-state index in [9.17, 15) is 4.79 Å². The zero-order chi connectivity index (χ0) is 12.1. The lowest BCUT2D eigenvalue weighted by Gasteiger charge is -2.19. The molecule has 17 heavy (non-hydrogen) atoms. The van der Waals surface area contributed by atoms with Crippen LogP contribution in [0.25, 0.3) is 0 Å². The smallest absolute Gasteiger partial charge is 0.251 e. The van der Waals surface area contributed by atoms with Gasteiger partial charge in [0.15, 0.2) is 5.16 Å². The first-order valence-corrected chi connectivity index (χ1v) is 7.13. The van der Waals surface area contributed by atoms with Gasteiger partial charge in [0.1, 0.15) is 0 Å². The summed E-state index contributed by atoms with van der Waals surface area (Å²) in [5, 5.41) is 4.85. The molecule has 0 saturated heterocycles. The van der Waals surface area contributed by atoms with Gasteiger partial charge >= 0.3 is 0 Å². The summed E-state index contributed by atoms with van der Waals surface area (Å²) in [5.74, 6) is 0. The standard InChI is InChI=1S/C12H19N3OS/c1-2-7-13-9-4-3-5-10(9)17-12-14-8-6-11(16)15-12/h6,8-10,13H,2-5,7H2,1H3,(H,14,15,16). The van der Waals surface area contributed by atoms with E-state index in [2.05, 4.69) is 22.2 Å². The Balaban J connectivity index is 1.95. The van der Waals surface area contributed by atoms with Gasteiger partial charge in [-0.25, -0.2) is 4.98 Å². The SMILES string of the molecule is CCCNC1CCCC1Sc1nccc(=O)[nH]1. The molecule has 1 heterocycles. The van der Waals surface area contributed by atoms with Crippen molar-refractivity contribution in [2.75, 3.05) is 6.54 Å². The number of thioether (sulfide) groups is 1. The quantitative estimate of drug-likeness (QED) is 0.785. The number of nitrogens with zero attached hydrogens (tertiary/aromatic N) is 1. The molecular weight excluding hydrogens is 234 g/mol. The second kappa shape index (κ2) is 6.21. The fourth-order valence-electron chi connectivity index (χ4n) is 2.19. The van der Waals surface area contributed by atoms with E-state index >= 15 is 0 Å². The molecule has 0 amide bonds. The summed E-state index contributed by atoms with van der Waals surface area (Å²) in [5.41, 5.74) is -0.0708. The molecule has 0 aromatic carbocycles. The third-order valence-electron chi connectivity index (χ3n) is 3.02. The van der Waals surface area contributed by atoms with Crippen LogP contribution >= 0.6 is 11.8 Å². The van der Waals surface area contributed by atoms with Gasteiger partial charge in [-0.1, -0.05) is 25.1 Å². The van der Waals surface area contributed by atoms with E-state index in [1.807, 2.05) is 0 Å². The van der Waals surface area contributed by atoms with E-state index in [-0.39, 0.29) is 5.56 Å². The van der Waals surface area contributed by atoms with E-state index in [1.165, 1.54) is 25.3 Å². The molecule has 1 aliphatic rings. The zero-order valence-corrected chi connectivity index (χ0v) is 10.9. The third kappa shape index (κ3) is 3.57. The van der Waals surface area contributed by atoms with Crippen LogP contribution in [0.2, 0.25) is 0 Å². The van der Waals surface area contributed by atoms with Crippen molar-refractivity contribution >= 4 is 11.8 Å². The molecule has 0 spiro atoms. The molecule has 1 aromatic rings. The maximum atomic E-state index is 11.2. The summed E-state index contributed by atoms with van der Waals surface area (Å²) in [6.07, 6.45) is 6.43. The Morgan fingerprint density at radius 1 is 1.59 bits per heavy atom. The number of hydrogen-bond donors (Lipinski definition) is 2. The van der Waals surface area contributed by atoms with Gasteiger partial charge in [-0.2, -0.15) is 0 Å². The molecule has 94 valence electrons. The van der Waals surface area contributed by atoms with Crippen LogP contribution in [0.4, 0.5) is 0 Å². The van der Waals surface area contributed by atoms with E-state index < -0.39 is 0 Å². The number of rotatable bonds is 5. The van der Waals surface area contributed by atoms with E-state index in [0.29, 0.717) is 11.3 Å². The lowest BCUT2D eigenvalue weighted by molar-refractivity contribution is 0.530. The van der Waals surface area contributed by atoms with Gasteiger partial charge in [-0.3, -0.25) is 4.79 Å². The van der Waals surface area contributed by atoms with Crippen molar-refractivity contribution in [1.82, 2.24) is 15.3 Å². The largest absolute Gasteiger partial charge is 0.313 e. The summed E-state index contributed by atoms with van der Waals surface area (Å²) >= 11 is 1.69. The summed E-state index contributed by atoms with van der Waals surface area (Å²) in [4.78, 5) is 18.2. The minimum atomic E-state index is -0.0708. The minimum absolute atomic E-state index is 0.0708. The molecule has 5 heteroatoms. The van der Waals surface area contributed by atoms with Crippen LogP contribution in [0.1, 0.15) is 32.6 Å². The van der Waals surface area contributed by atoms with Crippen LogP contribution in [-0.2, 0) is 0 Å². The van der Waals surface area contributed by atoms with Crippen LogP contribution in [0.15, 0.2) is 22.2 Å². The maximum absolute atomic E-state index is 11.2. The lowest BCUT2D eigenvalue weighted by Crippen LogP contribution is -2.34. The topological polar surface area (TPSA) is 57.8 Å². The Kier molecular flexibility index (Phi) is 4.62. The van der Waals surface area contributed by atoms with Gasteiger partial charge in [0, 0.05) is 23.6 Å². The molecule has 2 rings (SSSR count). The van der Waals surface area contributed by atoms with Gasteiger partial charge in [-0.15, -0.1) is 0 Å².